The third-order valence-corrected chi connectivity index (χ3v) is 5.87. The fourth-order valence-corrected chi connectivity index (χ4v) is 4.23. The number of anilines is 1. The Morgan fingerprint density at radius 1 is 1.09 bits per heavy atom. The second-order valence-electron chi connectivity index (χ2n) is 5.53. The molecule has 0 radical (unpaired) electrons. The minimum Gasteiger partial charge on any atom is -0.497 e. The Balaban J connectivity index is 1.69. The lowest BCUT2D eigenvalue weighted by atomic mass is 10.2. The normalized spacial score (nSPS) is 18.7. The molecule has 0 spiro atoms. The monoisotopic (exact) mass is 332 g/mol. The lowest BCUT2D eigenvalue weighted by Crippen LogP contribution is -2.31. The molecule has 5 nitrogen and oxygen atoms in total. The van der Waals surface area contributed by atoms with Crippen LogP contribution >= 0.6 is 0 Å². The van der Waals surface area contributed by atoms with Crippen LogP contribution in [-0.2, 0) is 10.0 Å². The van der Waals surface area contributed by atoms with Gasteiger partial charge in [0.25, 0.3) is 0 Å². The number of benzene rings is 2. The molecule has 1 aliphatic heterocycles. The van der Waals surface area contributed by atoms with E-state index >= 15 is 0 Å². The summed E-state index contributed by atoms with van der Waals surface area (Å²) in [7, 11) is -1.89. The summed E-state index contributed by atoms with van der Waals surface area (Å²) in [5.41, 5.74) is 1.01. The first-order valence-electron chi connectivity index (χ1n) is 7.55. The zero-order chi connectivity index (χ0) is 16.3. The summed E-state index contributed by atoms with van der Waals surface area (Å²) in [4.78, 5) is 0.304. The van der Waals surface area contributed by atoms with Crippen LogP contribution in [0.2, 0.25) is 0 Å². The van der Waals surface area contributed by atoms with Gasteiger partial charge < -0.3 is 10.1 Å². The van der Waals surface area contributed by atoms with E-state index in [4.69, 9.17) is 4.74 Å². The van der Waals surface area contributed by atoms with Crippen LogP contribution in [0.15, 0.2) is 59.5 Å². The van der Waals surface area contributed by atoms with Gasteiger partial charge in [-0.15, -0.1) is 0 Å². The highest BCUT2D eigenvalue weighted by atomic mass is 32.2. The highest BCUT2D eigenvalue weighted by Crippen LogP contribution is 2.24. The van der Waals surface area contributed by atoms with Crippen molar-refractivity contribution in [3.8, 4) is 5.75 Å². The van der Waals surface area contributed by atoms with Gasteiger partial charge in [0.1, 0.15) is 5.75 Å². The fraction of sp³-hybridized carbons (Fsp3) is 0.294. The standard InChI is InChI=1S/C17H20N2O3S/c1-22-16-7-9-17(10-8-16)23(20,21)19-12-11-15(13-19)18-14-5-3-2-4-6-14/h2-10,15,18H,11-13H2,1H3/t15-/m0/s1. The molecule has 122 valence electrons. The molecule has 23 heavy (non-hydrogen) atoms. The van der Waals surface area contributed by atoms with Crippen LogP contribution in [0, 0.1) is 0 Å². The van der Waals surface area contributed by atoms with Gasteiger partial charge in [-0.3, -0.25) is 0 Å². The largest absolute Gasteiger partial charge is 0.497 e. The molecule has 0 aliphatic carbocycles. The minimum absolute atomic E-state index is 0.130. The third kappa shape index (κ3) is 3.48. The SMILES string of the molecule is COc1ccc(S(=O)(=O)N2CC[C@H](Nc3ccccc3)C2)cc1. The van der Waals surface area contributed by atoms with Crippen molar-refractivity contribution >= 4 is 15.7 Å². The number of hydrogen-bond acceptors (Lipinski definition) is 4. The van der Waals surface area contributed by atoms with Crippen LogP contribution in [0.1, 0.15) is 6.42 Å². The molecule has 3 rings (SSSR count). The quantitative estimate of drug-likeness (QED) is 0.914. The van der Waals surface area contributed by atoms with Crippen molar-refractivity contribution in [3.05, 3.63) is 54.6 Å². The number of sulfonamides is 1. The predicted molar refractivity (Wildman–Crippen MR) is 90.2 cm³/mol. The summed E-state index contributed by atoms with van der Waals surface area (Å²) in [5.74, 6) is 0.647. The molecule has 1 fully saturated rings. The molecule has 6 heteroatoms. The zero-order valence-corrected chi connectivity index (χ0v) is 13.8. The van der Waals surface area contributed by atoms with Gasteiger partial charge in [-0.2, -0.15) is 4.31 Å². The molecule has 0 aromatic heterocycles. The van der Waals surface area contributed by atoms with E-state index in [1.54, 1.807) is 31.4 Å². The maximum absolute atomic E-state index is 12.7. The van der Waals surface area contributed by atoms with Gasteiger partial charge in [0.2, 0.25) is 10.0 Å². The maximum atomic E-state index is 12.7. The van der Waals surface area contributed by atoms with E-state index in [0.29, 0.717) is 23.7 Å². The number of ether oxygens (including phenoxy) is 1. The summed E-state index contributed by atoms with van der Waals surface area (Å²) < 4.78 is 32.0. The third-order valence-electron chi connectivity index (χ3n) is 3.99. The topological polar surface area (TPSA) is 58.6 Å². The van der Waals surface area contributed by atoms with E-state index in [1.807, 2.05) is 30.3 Å². The van der Waals surface area contributed by atoms with E-state index in [2.05, 4.69) is 5.32 Å². The summed E-state index contributed by atoms with van der Waals surface area (Å²) in [5, 5.41) is 3.39. The molecule has 0 saturated carbocycles. The Morgan fingerprint density at radius 3 is 2.43 bits per heavy atom. The molecule has 0 unspecified atom stereocenters. The zero-order valence-electron chi connectivity index (χ0n) is 13.0. The predicted octanol–water partition coefficient (Wildman–Crippen LogP) is 2.57. The van der Waals surface area contributed by atoms with Gasteiger partial charge in [-0.25, -0.2) is 8.42 Å². The van der Waals surface area contributed by atoms with Crippen molar-refractivity contribution in [3.63, 3.8) is 0 Å². The molecule has 1 N–H and O–H groups in total. The van der Waals surface area contributed by atoms with Gasteiger partial charge in [0.05, 0.1) is 12.0 Å². The first kappa shape index (κ1) is 15.8. The van der Waals surface area contributed by atoms with Crippen LogP contribution in [0.4, 0.5) is 5.69 Å². The number of nitrogens with one attached hydrogen (secondary N) is 1. The average molecular weight is 332 g/mol. The van der Waals surface area contributed by atoms with Gasteiger partial charge in [0, 0.05) is 24.8 Å². The highest BCUT2D eigenvalue weighted by molar-refractivity contribution is 7.89. The number of para-hydroxylation sites is 1. The Kier molecular flexibility index (Phi) is 4.54. The van der Waals surface area contributed by atoms with E-state index in [0.717, 1.165) is 12.1 Å². The smallest absolute Gasteiger partial charge is 0.243 e. The molecule has 0 amide bonds. The van der Waals surface area contributed by atoms with Crippen LogP contribution in [0.25, 0.3) is 0 Å². The number of rotatable bonds is 5. The second kappa shape index (κ2) is 6.60. The number of methoxy groups -OCH3 is 1. The van der Waals surface area contributed by atoms with Crippen molar-refractivity contribution in [1.82, 2.24) is 4.31 Å². The van der Waals surface area contributed by atoms with Crippen LogP contribution in [0.5, 0.6) is 5.75 Å². The summed E-state index contributed by atoms with van der Waals surface area (Å²) in [6, 6.07) is 16.5. The molecule has 2 aromatic carbocycles. The molecule has 1 atom stereocenters. The molecular formula is C17H20N2O3S. The van der Waals surface area contributed by atoms with Gasteiger partial charge >= 0.3 is 0 Å². The van der Waals surface area contributed by atoms with Gasteiger partial charge in [-0.1, -0.05) is 18.2 Å². The molecule has 1 aliphatic rings. The highest BCUT2D eigenvalue weighted by Gasteiger charge is 2.32. The Bertz CT molecular complexity index is 745. The van der Waals surface area contributed by atoms with E-state index in [9.17, 15) is 8.42 Å². The Hall–Kier alpha value is -2.05. The van der Waals surface area contributed by atoms with Gasteiger partial charge in [0.15, 0.2) is 0 Å². The summed E-state index contributed by atoms with van der Waals surface area (Å²) in [6.07, 6.45) is 0.796. The Morgan fingerprint density at radius 2 is 1.78 bits per heavy atom. The molecule has 0 bridgehead atoms. The number of hydrogen-bond donors (Lipinski definition) is 1. The van der Waals surface area contributed by atoms with Crippen molar-refractivity contribution in [1.29, 1.82) is 0 Å². The average Bonchev–Trinajstić information content (AvgIpc) is 3.05. The van der Waals surface area contributed by atoms with E-state index in [1.165, 1.54) is 4.31 Å². The number of nitrogens with zero attached hydrogens (tertiary/aromatic N) is 1. The molecule has 1 heterocycles. The lowest BCUT2D eigenvalue weighted by Gasteiger charge is -2.18. The van der Waals surface area contributed by atoms with Crippen molar-refractivity contribution in [2.75, 3.05) is 25.5 Å². The second-order valence-corrected chi connectivity index (χ2v) is 7.47. The van der Waals surface area contributed by atoms with Crippen LogP contribution in [-0.4, -0.2) is 39.0 Å². The van der Waals surface area contributed by atoms with Crippen LogP contribution < -0.4 is 10.1 Å². The molecular weight excluding hydrogens is 312 g/mol. The van der Waals surface area contributed by atoms with E-state index < -0.39 is 10.0 Å². The van der Waals surface area contributed by atoms with Crippen molar-refractivity contribution < 1.29 is 13.2 Å². The maximum Gasteiger partial charge on any atom is 0.243 e. The van der Waals surface area contributed by atoms with Crippen molar-refractivity contribution in [2.24, 2.45) is 0 Å². The lowest BCUT2D eigenvalue weighted by molar-refractivity contribution is 0.414. The first-order valence-corrected chi connectivity index (χ1v) is 8.99. The summed E-state index contributed by atoms with van der Waals surface area (Å²) in [6.45, 7) is 1.00. The Labute approximate surface area is 136 Å². The van der Waals surface area contributed by atoms with E-state index in [-0.39, 0.29) is 6.04 Å². The van der Waals surface area contributed by atoms with Crippen LogP contribution in [0.3, 0.4) is 0 Å². The van der Waals surface area contributed by atoms with Gasteiger partial charge in [-0.05, 0) is 42.8 Å². The molecule has 2 aromatic rings. The fourth-order valence-electron chi connectivity index (χ4n) is 2.73. The minimum atomic E-state index is -3.45. The summed E-state index contributed by atoms with van der Waals surface area (Å²) >= 11 is 0. The van der Waals surface area contributed by atoms with Crippen molar-refractivity contribution in [2.45, 2.75) is 17.4 Å². The first-order chi connectivity index (χ1) is 11.1. The molecule has 1 saturated heterocycles.